The van der Waals surface area contributed by atoms with Crippen LogP contribution >= 0.6 is 0 Å². The van der Waals surface area contributed by atoms with Gasteiger partial charge in [-0.15, -0.1) is 0 Å². The molecule has 1 aliphatic rings. The monoisotopic (exact) mass is 262 g/mol. The van der Waals surface area contributed by atoms with Gasteiger partial charge < -0.3 is 10.2 Å². The van der Waals surface area contributed by atoms with Gasteiger partial charge in [0, 0.05) is 19.1 Å². The Bertz CT molecular complexity index is 426. The molecule has 2 rings (SSSR count). The minimum Gasteiger partial charge on any atom is -0.369 e. The molecular weight excluding hydrogens is 240 g/mol. The summed E-state index contributed by atoms with van der Waals surface area (Å²) < 4.78 is 0. The maximum absolute atomic E-state index is 12.4. The average molecular weight is 262 g/mol. The normalized spacial score (nSPS) is 14.5. The van der Waals surface area contributed by atoms with Gasteiger partial charge in [0.05, 0.1) is 12.4 Å². The molecule has 0 saturated heterocycles. The second-order valence-electron chi connectivity index (χ2n) is 5.31. The lowest BCUT2D eigenvalue weighted by atomic mass is 10.2. The fourth-order valence-electron chi connectivity index (χ4n) is 1.96. The number of nitrogens with one attached hydrogen (secondary N) is 1. The minimum atomic E-state index is -0.0163. The molecule has 5 heteroatoms. The number of anilines is 1. The molecule has 1 aromatic heterocycles. The molecule has 0 aromatic carbocycles. The highest BCUT2D eigenvalue weighted by Crippen LogP contribution is 2.30. The number of rotatable bonds is 6. The van der Waals surface area contributed by atoms with E-state index in [1.54, 1.807) is 12.4 Å². The van der Waals surface area contributed by atoms with Crippen molar-refractivity contribution in [3.8, 4) is 0 Å². The molecule has 0 bridgehead atoms. The Labute approximate surface area is 114 Å². The van der Waals surface area contributed by atoms with Crippen molar-refractivity contribution in [2.45, 2.75) is 39.7 Å². The first-order chi connectivity index (χ1) is 9.11. The first kappa shape index (κ1) is 13.8. The Morgan fingerprint density at radius 3 is 2.63 bits per heavy atom. The van der Waals surface area contributed by atoms with Crippen molar-refractivity contribution in [3.05, 3.63) is 18.1 Å². The largest absolute Gasteiger partial charge is 0.369 e. The molecular formula is C14H22N4O. The lowest BCUT2D eigenvalue weighted by Gasteiger charge is -2.26. The molecule has 1 saturated carbocycles. The summed E-state index contributed by atoms with van der Waals surface area (Å²) in [5.74, 6) is 1.37. The summed E-state index contributed by atoms with van der Waals surface area (Å²) in [7, 11) is 0. The van der Waals surface area contributed by atoms with E-state index in [1.165, 1.54) is 12.8 Å². The summed E-state index contributed by atoms with van der Waals surface area (Å²) in [5, 5.41) is 3.07. The zero-order chi connectivity index (χ0) is 13.8. The molecule has 1 fully saturated rings. The molecule has 0 aliphatic heterocycles. The third-order valence-corrected chi connectivity index (χ3v) is 3.26. The van der Waals surface area contributed by atoms with Gasteiger partial charge in [0.1, 0.15) is 11.5 Å². The third kappa shape index (κ3) is 3.66. The van der Waals surface area contributed by atoms with Crippen LogP contribution in [0.1, 0.15) is 44.1 Å². The highest BCUT2D eigenvalue weighted by Gasteiger charge is 2.29. The zero-order valence-electron chi connectivity index (χ0n) is 11.9. The first-order valence-corrected chi connectivity index (χ1v) is 6.98. The first-order valence-electron chi connectivity index (χ1n) is 6.98. The summed E-state index contributed by atoms with van der Waals surface area (Å²) in [6.07, 6.45) is 5.65. The van der Waals surface area contributed by atoms with Crippen LogP contribution in [0, 0.1) is 5.92 Å². The molecule has 1 aliphatic carbocycles. The fraction of sp³-hybridized carbons (Fsp3) is 0.643. The minimum absolute atomic E-state index is 0.0163. The Morgan fingerprint density at radius 2 is 2.16 bits per heavy atom. The van der Waals surface area contributed by atoms with Crippen molar-refractivity contribution in [1.82, 2.24) is 14.9 Å². The van der Waals surface area contributed by atoms with Crippen LogP contribution in [0.4, 0.5) is 5.82 Å². The smallest absolute Gasteiger partial charge is 0.274 e. The molecule has 1 aromatic rings. The van der Waals surface area contributed by atoms with Crippen LogP contribution in [-0.4, -0.2) is 39.9 Å². The molecule has 1 N–H and O–H groups in total. The van der Waals surface area contributed by atoms with Crippen LogP contribution in [0.2, 0.25) is 0 Å². The van der Waals surface area contributed by atoms with Crippen molar-refractivity contribution >= 4 is 11.7 Å². The molecule has 104 valence electrons. The molecule has 5 nitrogen and oxygen atoms in total. The predicted octanol–water partition coefficient (Wildman–Crippen LogP) is 2.17. The molecule has 19 heavy (non-hydrogen) atoms. The summed E-state index contributed by atoms with van der Waals surface area (Å²) in [6, 6.07) is 0.198. The van der Waals surface area contributed by atoms with E-state index in [0.717, 1.165) is 13.1 Å². The molecule has 0 spiro atoms. The zero-order valence-corrected chi connectivity index (χ0v) is 11.9. The number of nitrogens with zero attached hydrogens (tertiary/aromatic N) is 3. The standard InChI is InChI=1S/C14H22N4O/c1-4-15-13-8-16-12(7-17-13)14(19)18(10(2)3)9-11-5-6-11/h7-8,10-11H,4-6,9H2,1-3H3,(H,15,17). The van der Waals surface area contributed by atoms with Crippen LogP contribution in [0.25, 0.3) is 0 Å². The van der Waals surface area contributed by atoms with E-state index in [0.29, 0.717) is 17.4 Å². The Kier molecular flexibility index (Phi) is 4.35. The van der Waals surface area contributed by atoms with Crippen molar-refractivity contribution < 1.29 is 4.79 Å². The highest BCUT2D eigenvalue weighted by atomic mass is 16.2. The lowest BCUT2D eigenvalue weighted by Crippen LogP contribution is -2.39. The van der Waals surface area contributed by atoms with E-state index in [2.05, 4.69) is 15.3 Å². The van der Waals surface area contributed by atoms with E-state index < -0.39 is 0 Å². The van der Waals surface area contributed by atoms with E-state index in [4.69, 9.17) is 0 Å². The number of hydrogen-bond acceptors (Lipinski definition) is 4. The van der Waals surface area contributed by atoms with E-state index in [9.17, 15) is 4.79 Å². The van der Waals surface area contributed by atoms with Gasteiger partial charge in [0.25, 0.3) is 5.91 Å². The van der Waals surface area contributed by atoms with Gasteiger partial charge >= 0.3 is 0 Å². The van der Waals surface area contributed by atoms with Crippen LogP contribution < -0.4 is 5.32 Å². The average Bonchev–Trinajstić information content (AvgIpc) is 3.20. The van der Waals surface area contributed by atoms with Crippen molar-refractivity contribution in [2.24, 2.45) is 5.92 Å². The topological polar surface area (TPSA) is 58.1 Å². The number of aromatic nitrogens is 2. The maximum Gasteiger partial charge on any atom is 0.274 e. The molecule has 0 atom stereocenters. The third-order valence-electron chi connectivity index (χ3n) is 3.26. The van der Waals surface area contributed by atoms with Gasteiger partial charge in [-0.2, -0.15) is 0 Å². The van der Waals surface area contributed by atoms with Crippen LogP contribution in [0.15, 0.2) is 12.4 Å². The Balaban J connectivity index is 2.06. The van der Waals surface area contributed by atoms with Gasteiger partial charge in [0.15, 0.2) is 0 Å². The quantitative estimate of drug-likeness (QED) is 0.853. The summed E-state index contributed by atoms with van der Waals surface area (Å²) in [4.78, 5) is 22.7. The van der Waals surface area contributed by atoms with Gasteiger partial charge in [0.2, 0.25) is 0 Å². The molecule has 1 heterocycles. The lowest BCUT2D eigenvalue weighted by molar-refractivity contribution is 0.0689. The Morgan fingerprint density at radius 1 is 1.42 bits per heavy atom. The number of amides is 1. The van der Waals surface area contributed by atoms with Gasteiger partial charge in [-0.1, -0.05) is 0 Å². The van der Waals surface area contributed by atoms with Gasteiger partial charge in [-0.05, 0) is 39.5 Å². The van der Waals surface area contributed by atoms with Crippen molar-refractivity contribution in [1.29, 1.82) is 0 Å². The fourth-order valence-corrected chi connectivity index (χ4v) is 1.96. The SMILES string of the molecule is CCNc1cnc(C(=O)N(CC2CC2)C(C)C)cn1. The molecule has 0 radical (unpaired) electrons. The highest BCUT2D eigenvalue weighted by molar-refractivity contribution is 5.92. The van der Waals surface area contributed by atoms with Gasteiger partial charge in [-0.25, -0.2) is 9.97 Å². The summed E-state index contributed by atoms with van der Waals surface area (Å²) in [6.45, 7) is 7.72. The second-order valence-corrected chi connectivity index (χ2v) is 5.31. The summed E-state index contributed by atoms with van der Waals surface area (Å²) >= 11 is 0. The van der Waals surface area contributed by atoms with Crippen molar-refractivity contribution in [3.63, 3.8) is 0 Å². The Hall–Kier alpha value is -1.65. The van der Waals surface area contributed by atoms with Crippen LogP contribution in [-0.2, 0) is 0 Å². The maximum atomic E-state index is 12.4. The van der Waals surface area contributed by atoms with Crippen molar-refractivity contribution in [2.75, 3.05) is 18.4 Å². The molecule has 0 unspecified atom stereocenters. The molecule has 1 amide bonds. The second kappa shape index (κ2) is 5.99. The summed E-state index contributed by atoms with van der Waals surface area (Å²) in [5.41, 5.74) is 0.427. The predicted molar refractivity (Wildman–Crippen MR) is 75.1 cm³/mol. The van der Waals surface area contributed by atoms with E-state index in [1.807, 2.05) is 25.7 Å². The number of carbonyl (C=O) groups is 1. The van der Waals surface area contributed by atoms with Crippen LogP contribution in [0.3, 0.4) is 0 Å². The van der Waals surface area contributed by atoms with Gasteiger partial charge in [-0.3, -0.25) is 4.79 Å². The number of hydrogen-bond donors (Lipinski definition) is 1. The van der Waals surface area contributed by atoms with E-state index in [-0.39, 0.29) is 11.9 Å². The van der Waals surface area contributed by atoms with E-state index >= 15 is 0 Å². The number of carbonyl (C=O) groups excluding carboxylic acids is 1. The van der Waals surface area contributed by atoms with Crippen LogP contribution in [0.5, 0.6) is 0 Å².